The Morgan fingerprint density at radius 1 is 1.28 bits per heavy atom. The first kappa shape index (κ1) is 23.0. The third-order valence-corrected chi connectivity index (χ3v) is 8.22. The van der Waals surface area contributed by atoms with Crippen LogP contribution in [0, 0.1) is 11.3 Å². The fraction of sp³-hybridized carbons (Fsp3) is 0.464. The van der Waals surface area contributed by atoms with Crippen LogP contribution in [-0.4, -0.2) is 47.5 Å². The molecule has 2 fully saturated rings. The minimum absolute atomic E-state index is 0.0631. The fourth-order valence-corrected chi connectivity index (χ4v) is 6.31. The summed E-state index contributed by atoms with van der Waals surface area (Å²) in [6.45, 7) is 0.882. The van der Waals surface area contributed by atoms with Gasteiger partial charge in [-0.2, -0.15) is 5.26 Å². The number of nitrogens with zero attached hydrogens (tertiary/aromatic N) is 3. The van der Waals surface area contributed by atoms with Crippen LogP contribution in [0.4, 0.5) is 0 Å². The maximum atomic E-state index is 12.1. The number of aliphatic hydroxyl groups is 1. The molecule has 1 saturated carbocycles. The molecular formula is C28H30N4O4. The van der Waals surface area contributed by atoms with Crippen LogP contribution in [0.25, 0.3) is 0 Å². The van der Waals surface area contributed by atoms with Crippen molar-refractivity contribution < 1.29 is 19.5 Å². The highest BCUT2D eigenvalue weighted by Crippen LogP contribution is 2.46. The number of fused-ring (bicyclic) bond motifs is 2. The number of likely N-dealkylation sites (tertiary alicyclic amines) is 1. The Morgan fingerprint density at radius 3 is 2.94 bits per heavy atom. The lowest BCUT2D eigenvalue weighted by molar-refractivity contribution is -0.133. The zero-order valence-electron chi connectivity index (χ0n) is 20.2. The van der Waals surface area contributed by atoms with Crippen molar-refractivity contribution in [3.8, 4) is 11.8 Å². The van der Waals surface area contributed by atoms with Gasteiger partial charge in [0, 0.05) is 29.6 Å². The van der Waals surface area contributed by atoms with Crippen LogP contribution in [0.2, 0.25) is 0 Å². The molecule has 2 aliphatic carbocycles. The third kappa shape index (κ3) is 3.93. The summed E-state index contributed by atoms with van der Waals surface area (Å²) >= 11 is 0. The number of amidine groups is 1. The first-order chi connectivity index (χ1) is 17.6. The smallest absolute Gasteiger partial charge is 0.248 e. The van der Waals surface area contributed by atoms with Gasteiger partial charge in [0.25, 0.3) is 0 Å². The number of ether oxygens (including phenoxy) is 1. The normalized spacial score (nSPS) is 25.1. The summed E-state index contributed by atoms with van der Waals surface area (Å²) in [5, 5.41) is 19.0. The van der Waals surface area contributed by atoms with Gasteiger partial charge in [0.15, 0.2) is 5.84 Å². The van der Waals surface area contributed by atoms with E-state index in [1.165, 1.54) is 24.0 Å². The molecule has 186 valence electrons. The quantitative estimate of drug-likeness (QED) is 0.672. The zero-order valence-corrected chi connectivity index (χ0v) is 20.2. The Balaban J connectivity index is 1.24. The topological polar surface area (TPSA) is 107 Å². The van der Waals surface area contributed by atoms with E-state index in [9.17, 15) is 15.2 Å². The maximum Gasteiger partial charge on any atom is 0.248 e. The number of benzene rings is 2. The highest BCUT2D eigenvalue weighted by Gasteiger charge is 2.46. The molecule has 1 amide bonds. The molecule has 36 heavy (non-hydrogen) atoms. The monoisotopic (exact) mass is 486 g/mol. The van der Waals surface area contributed by atoms with Crippen LogP contribution in [-0.2, 0) is 21.5 Å². The van der Waals surface area contributed by atoms with Gasteiger partial charge < -0.3 is 14.7 Å². The lowest BCUT2D eigenvalue weighted by Gasteiger charge is -2.25. The molecule has 0 bridgehead atoms. The fourth-order valence-electron chi connectivity index (χ4n) is 6.31. The van der Waals surface area contributed by atoms with E-state index in [2.05, 4.69) is 23.7 Å². The largest absolute Gasteiger partial charge is 0.489 e. The van der Waals surface area contributed by atoms with E-state index in [0.29, 0.717) is 30.2 Å². The van der Waals surface area contributed by atoms with Gasteiger partial charge in [0.1, 0.15) is 18.4 Å². The summed E-state index contributed by atoms with van der Waals surface area (Å²) in [5.41, 5.74) is 7.77. The van der Waals surface area contributed by atoms with E-state index < -0.39 is 12.8 Å². The number of carbonyl (C=O) groups excluding carboxylic acids is 1. The number of aliphatic imine (C=N–C) groups is 1. The van der Waals surface area contributed by atoms with Crippen LogP contribution >= 0.6 is 0 Å². The summed E-state index contributed by atoms with van der Waals surface area (Å²) in [5.74, 6) is 1.10. The Kier molecular flexibility index (Phi) is 5.90. The van der Waals surface area contributed by atoms with Gasteiger partial charge in [-0.15, -0.1) is 0 Å². The number of hydrogen-bond donors (Lipinski definition) is 2. The molecule has 2 aromatic rings. The average Bonchev–Trinajstić information content (AvgIpc) is 3.72. The van der Waals surface area contributed by atoms with Gasteiger partial charge in [-0.05, 0) is 68.2 Å². The summed E-state index contributed by atoms with van der Waals surface area (Å²) in [4.78, 5) is 24.5. The second-order valence-corrected chi connectivity index (χ2v) is 10.3. The Hall–Kier alpha value is -3.41. The van der Waals surface area contributed by atoms with Gasteiger partial charge in [-0.1, -0.05) is 24.3 Å². The highest BCUT2D eigenvalue weighted by molar-refractivity contribution is 6.00. The highest BCUT2D eigenvalue weighted by atomic mass is 16.7. The lowest BCUT2D eigenvalue weighted by Crippen LogP contribution is -2.34. The Labute approximate surface area is 210 Å². The maximum absolute atomic E-state index is 12.1. The van der Waals surface area contributed by atoms with Crippen molar-refractivity contribution in [2.45, 2.75) is 62.7 Å². The molecule has 8 nitrogen and oxygen atoms in total. The van der Waals surface area contributed by atoms with Crippen molar-refractivity contribution in [3.05, 3.63) is 64.2 Å². The molecule has 1 spiro atoms. The van der Waals surface area contributed by atoms with E-state index in [1.807, 2.05) is 18.2 Å². The molecule has 6 rings (SSSR count). The molecule has 8 heteroatoms. The van der Waals surface area contributed by atoms with Crippen LogP contribution in [0.3, 0.4) is 0 Å². The van der Waals surface area contributed by atoms with E-state index in [0.717, 1.165) is 43.2 Å². The van der Waals surface area contributed by atoms with E-state index in [-0.39, 0.29) is 17.4 Å². The first-order valence-corrected chi connectivity index (χ1v) is 12.8. The molecule has 0 aromatic heterocycles. The first-order valence-electron chi connectivity index (χ1n) is 12.8. The van der Waals surface area contributed by atoms with Gasteiger partial charge in [0.2, 0.25) is 12.1 Å². The molecular weight excluding hydrogens is 456 g/mol. The third-order valence-electron chi connectivity index (χ3n) is 8.22. The standard InChI is InChI=1S/C28H30N4O4/c29-15-19-14-18(8-9-24(19)35-20-4-1-2-5-20)27-30-26(31-36-27)22-6-3-7-23-21(22)10-11-28(23)12-13-32(17-28)25(34)16-33/h3,6-9,14,20,27,33H,1-2,4-5,10-13,16-17H2,(H,30,31). The number of carbonyl (C=O) groups is 1. The van der Waals surface area contributed by atoms with Gasteiger partial charge >= 0.3 is 0 Å². The molecule has 2 heterocycles. The van der Waals surface area contributed by atoms with Crippen molar-refractivity contribution in [1.82, 2.24) is 10.4 Å². The van der Waals surface area contributed by atoms with Crippen LogP contribution in [0.15, 0.2) is 41.4 Å². The number of nitrogens with one attached hydrogen (secondary N) is 1. The molecule has 4 aliphatic rings. The number of hydrogen-bond acceptors (Lipinski definition) is 7. The van der Waals surface area contributed by atoms with E-state index in [1.54, 1.807) is 11.0 Å². The predicted octanol–water partition coefficient (Wildman–Crippen LogP) is 3.27. The zero-order chi connectivity index (χ0) is 24.7. The van der Waals surface area contributed by atoms with Crippen molar-refractivity contribution in [2.75, 3.05) is 19.7 Å². The summed E-state index contributed by atoms with van der Waals surface area (Å²) in [7, 11) is 0. The second kappa shape index (κ2) is 9.23. The van der Waals surface area contributed by atoms with Gasteiger partial charge in [-0.3, -0.25) is 4.79 Å². The molecule has 2 atom stereocenters. The van der Waals surface area contributed by atoms with Crippen LogP contribution < -0.4 is 10.2 Å². The Bertz CT molecular complexity index is 1260. The minimum atomic E-state index is -0.553. The molecule has 2 unspecified atom stereocenters. The molecule has 2 N–H and O–H groups in total. The van der Waals surface area contributed by atoms with E-state index >= 15 is 0 Å². The molecule has 0 radical (unpaired) electrons. The average molecular weight is 487 g/mol. The van der Waals surface area contributed by atoms with Crippen molar-refractivity contribution in [3.63, 3.8) is 0 Å². The number of amides is 1. The number of hydroxylamine groups is 1. The minimum Gasteiger partial charge on any atom is -0.489 e. The van der Waals surface area contributed by atoms with Crippen molar-refractivity contribution in [1.29, 1.82) is 5.26 Å². The lowest BCUT2D eigenvalue weighted by atomic mass is 9.81. The van der Waals surface area contributed by atoms with Crippen LogP contribution in [0.5, 0.6) is 5.75 Å². The number of nitriles is 1. The molecule has 1 saturated heterocycles. The van der Waals surface area contributed by atoms with Gasteiger partial charge in [-0.25, -0.2) is 15.3 Å². The van der Waals surface area contributed by atoms with Crippen molar-refractivity contribution in [2.24, 2.45) is 4.99 Å². The molecule has 2 aromatic carbocycles. The summed E-state index contributed by atoms with van der Waals surface area (Å²) < 4.78 is 6.08. The summed E-state index contributed by atoms with van der Waals surface area (Å²) in [6.07, 6.45) is 6.84. The molecule has 2 aliphatic heterocycles. The van der Waals surface area contributed by atoms with Crippen LogP contribution in [0.1, 0.15) is 72.6 Å². The van der Waals surface area contributed by atoms with E-state index in [4.69, 9.17) is 14.6 Å². The summed E-state index contributed by atoms with van der Waals surface area (Å²) in [6, 6.07) is 14.1. The Morgan fingerprint density at radius 2 is 2.14 bits per heavy atom. The number of rotatable bonds is 5. The SMILES string of the molecule is N#Cc1cc(C2N=C(c3cccc4c3CCC43CCN(C(=O)CO)C3)NO2)ccc1OC1CCCC1. The second-order valence-electron chi connectivity index (χ2n) is 10.3. The van der Waals surface area contributed by atoms with Crippen molar-refractivity contribution >= 4 is 11.7 Å². The predicted molar refractivity (Wildman–Crippen MR) is 132 cm³/mol. The number of aliphatic hydroxyl groups excluding tert-OH is 1. The van der Waals surface area contributed by atoms with Gasteiger partial charge in [0.05, 0.1) is 11.7 Å².